The van der Waals surface area contributed by atoms with Gasteiger partial charge in [-0.15, -0.1) is 10.2 Å². The van der Waals surface area contributed by atoms with E-state index in [0.717, 1.165) is 12.8 Å². The summed E-state index contributed by atoms with van der Waals surface area (Å²) in [4.78, 5) is 27.3. The van der Waals surface area contributed by atoms with Crippen LogP contribution >= 0.6 is 0 Å². The molecule has 8 heteroatoms. The van der Waals surface area contributed by atoms with Crippen molar-refractivity contribution in [3.63, 3.8) is 0 Å². The molecule has 2 N–H and O–H groups in total. The number of tetrazole rings is 1. The molecule has 1 aromatic heterocycles. The number of aromatic nitrogens is 4. The van der Waals surface area contributed by atoms with Gasteiger partial charge in [-0.05, 0) is 24.1 Å². The molecule has 1 saturated heterocycles. The molecule has 142 valence electrons. The van der Waals surface area contributed by atoms with Crippen LogP contribution in [0.5, 0.6) is 0 Å². The SMILES string of the molecule is O=C(N[C@@H]1CC(=O)N(C2CCCCCC2)C1)c1ccccc1-c1nn[nH]n1. The lowest BCUT2D eigenvalue weighted by Gasteiger charge is -2.27. The smallest absolute Gasteiger partial charge is 0.252 e. The van der Waals surface area contributed by atoms with Gasteiger partial charge in [0, 0.05) is 24.6 Å². The molecule has 1 aliphatic carbocycles. The number of likely N-dealkylation sites (tertiary alicyclic amines) is 1. The molecule has 1 atom stereocenters. The van der Waals surface area contributed by atoms with Gasteiger partial charge in [-0.1, -0.05) is 43.9 Å². The number of amides is 2. The third-order valence-corrected chi connectivity index (χ3v) is 5.52. The van der Waals surface area contributed by atoms with Crippen molar-refractivity contribution in [2.45, 2.75) is 57.0 Å². The molecular formula is C19H24N6O2. The molecule has 27 heavy (non-hydrogen) atoms. The van der Waals surface area contributed by atoms with Gasteiger partial charge < -0.3 is 10.2 Å². The number of benzene rings is 1. The maximum Gasteiger partial charge on any atom is 0.252 e. The highest BCUT2D eigenvalue weighted by molar-refractivity contribution is 6.00. The molecule has 8 nitrogen and oxygen atoms in total. The molecular weight excluding hydrogens is 344 g/mol. The second-order valence-corrected chi connectivity index (χ2v) is 7.35. The Morgan fingerprint density at radius 2 is 1.93 bits per heavy atom. The first-order valence-electron chi connectivity index (χ1n) is 9.65. The summed E-state index contributed by atoms with van der Waals surface area (Å²) in [7, 11) is 0. The lowest BCUT2D eigenvalue weighted by atomic mass is 10.1. The number of nitrogens with one attached hydrogen (secondary N) is 2. The van der Waals surface area contributed by atoms with Crippen molar-refractivity contribution < 1.29 is 9.59 Å². The molecule has 4 rings (SSSR count). The summed E-state index contributed by atoms with van der Waals surface area (Å²) in [6.07, 6.45) is 7.40. The quantitative estimate of drug-likeness (QED) is 0.803. The Morgan fingerprint density at radius 1 is 1.15 bits per heavy atom. The van der Waals surface area contributed by atoms with Crippen molar-refractivity contribution in [2.24, 2.45) is 0 Å². The van der Waals surface area contributed by atoms with E-state index >= 15 is 0 Å². The van der Waals surface area contributed by atoms with Gasteiger partial charge in [0.25, 0.3) is 5.91 Å². The number of carbonyl (C=O) groups is 2. The van der Waals surface area contributed by atoms with Gasteiger partial charge in [-0.3, -0.25) is 9.59 Å². The molecule has 2 amide bonds. The van der Waals surface area contributed by atoms with Crippen molar-refractivity contribution >= 4 is 11.8 Å². The highest BCUT2D eigenvalue weighted by Gasteiger charge is 2.35. The predicted molar refractivity (Wildman–Crippen MR) is 98.7 cm³/mol. The largest absolute Gasteiger partial charge is 0.347 e. The number of hydrogen-bond donors (Lipinski definition) is 2. The van der Waals surface area contributed by atoms with Crippen molar-refractivity contribution in [2.75, 3.05) is 6.54 Å². The summed E-state index contributed by atoms with van der Waals surface area (Å²) in [5.74, 6) is 0.317. The minimum absolute atomic E-state index is 0.152. The molecule has 0 radical (unpaired) electrons. The average Bonchev–Trinajstić information content (AvgIpc) is 3.25. The number of H-pyrrole nitrogens is 1. The first-order valence-corrected chi connectivity index (χ1v) is 9.65. The maximum absolute atomic E-state index is 12.8. The van der Waals surface area contributed by atoms with E-state index < -0.39 is 0 Å². The number of nitrogens with zero attached hydrogens (tertiary/aromatic N) is 4. The summed E-state index contributed by atoms with van der Waals surface area (Å²) in [6, 6.07) is 7.32. The molecule has 1 aliphatic heterocycles. The van der Waals surface area contributed by atoms with E-state index in [-0.39, 0.29) is 17.9 Å². The van der Waals surface area contributed by atoms with Crippen LogP contribution in [0, 0.1) is 0 Å². The summed E-state index contributed by atoms with van der Waals surface area (Å²) < 4.78 is 0. The van der Waals surface area contributed by atoms with Crippen molar-refractivity contribution in [1.29, 1.82) is 0 Å². The second-order valence-electron chi connectivity index (χ2n) is 7.35. The van der Waals surface area contributed by atoms with E-state index in [2.05, 4.69) is 25.9 Å². The summed E-state index contributed by atoms with van der Waals surface area (Å²) in [6.45, 7) is 0.597. The Labute approximate surface area is 157 Å². The van der Waals surface area contributed by atoms with Gasteiger partial charge in [-0.2, -0.15) is 5.21 Å². The highest BCUT2D eigenvalue weighted by atomic mass is 16.2. The van der Waals surface area contributed by atoms with Crippen LogP contribution in [0.25, 0.3) is 11.4 Å². The number of hydrogen-bond acceptors (Lipinski definition) is 5. The molecule has 0 spiro atoms. The zero-order chi connectivity index (χ0) is 18.6. The van der Waals surface area contributed by atoms with Gasteiger partial charge in [0.2, 0.25) is 11.7 Å². The van der Waals surface area contributed by atoms with Crippen LogP contribution in [0.4, 0.5) is 0 Å². The van der Waals surface area contributed by atoms with E-state index in [9.17, 15) is 9.59 Å². The minimum atomic E-state index is -0.212. The van der Waals surface area contributed by atoms with Gasteiger partial charge >= 0.3 is 0 Å². The van der Waals surface area contributed by atoms with E-state index in [1.165, 1.54) is 25.7 Å². The Bertz CT molecular complexity index is 798. The third kappa shape index (κ3) is 3.84. The van der Waals surface area contributed by atoms with E-state index in [1.807, 2.05) is 11.0 Å². The third-order valence-electron chi connectivity index (χ3n) is 5.52. The fourth-order valence-electron chi connectivity index (χ4n) is 4.17. The van der Waals surface area contributed by atoms with Gasteiger partial charge in [0.1, 0.15) is 0 Å². The van der Waals surface area contributed by atoms with Gasteiger partial charge in [-0.25, -0.2) is 0 Å². The van der Waals surface area contributed by atoms with Crippen LogP contribution in [-0.2, 0) is 4.79 Å². The standard InChI is InChI=1S/C19H24N6O2/c26-17-11-13(12-25(17)14-7-3-1-2-4-8-14)20-19(27)16-10-6-5-9-15(16)18-21-23-24-22-18/h5-6,9-10,13-14H,1-4,7-8,11-12H2,(H,20,27)(H,21,22,23,24)/t13-/m1/s1. The number of carbonyl (C=O) groups excluding carboxylic acids is 2. The lowest BCUT2D eigenvalue weighted by molar-refractivity contribution is -0.129. The van der Waals surface area contributed by atoms with E-state index in [0.29, 0.717) is 36.0 Å². The van der Waals surface area contributed by atoms with Crippen molar-refractivity contribution in [3.8, 4) is 11.4 Å². The molecule has 0 bridgehead atoms. The minimum Gasteiger partial charge on any atom is -0.347 e. The lowest BCUT2D eigenvalue weighted by Crippen LogP contribution is -2.40. The Kier molecular flexibility index (Phi) is 5.13. The first kappa shape index (κ1) is 17.6. The monoisotopic (exact) mass is 368 g/mol. The molecule has 2 heterocycles. The topological polar surface area (TPSA) is 104 Å². The Morgan fingerprint density at radius 3 is 2.67 bits per heavy atom. The Hall–Kier alpha value is -2.77. The van der Waals surface area contributed by atoms with Gasteiger partial charge in [0.05, 0.1) is 11.6 Å². The molecule has 1 aromatic carbocycles. The van der Waals surface area contributed by atoms with Crippen molar-refractivity contribution in [3.05, 3.63) is 29.8 Å². The van der Waals surface area contributed by atoms with Crippen LogP contribution in [0.1, 0.15) is 55.3 Å². The molecule has 1 saturated carbocycles. The molecule has 2 aliphatic rings. The van der Waals surface area contributed by atoms with E-state index in [1.54, 1.807) is 18.2 Å². The van der Waals surface area contributed by atoms with Gasteiger partial charge in [0.15, 0.2) is 0 Å². The van der Waals surface area contributed by atoms with Crippen LogP contribution in [-0.4, -0.2) is 56.0 Å². The van der Waals surface area contributed by atoms with Crippen LogP contribution in [0.3, 0.4) is 0 Å². The molecule has 2 aromatic rings. The van der Waals surface area contributed by atoms with Crippen LogP contribution < -0.4 is 5.32 Å². The highest BCUT2D eigenvalue weighted by Crippen LogP contribution is 2.26. The summed E-state index contributed by atoms with van der Waals surface area (Å²) in [5, 5.41) is 16.9. The molecule has 2 fully saturated rings. The zero-order valence-electron chi connectivity index (χ0n) is 15.2. The number of rotatable bonds is 4. The summed E-state index contributed by atoms with van der Waals surface area (Å²) in [5.41, 5.74) is 1.10. The molecule has 0 unspecified atom stereocenters. The second kappa shape index (κ2) is 7.85. The van der Waals surface area contributed by atoms with Crippen LogP contribution in [0.15, 0.2) is 24.3 Å². The first-order chi connectivity index (χ1) is 13.2. The fourth-order valence-corrected chi connectivity index (χ4v) is 4.17. The fraction of sp³-hybridized carbons (Fsp3) is 0.526. The predicted octanol–water partition coefficient (Wildman–Crippen LogP) is 1.92. The van der Waals surface area contributed by atoms with Crippen LogP contribution in [0.2, 0.25) is 0 Å². The average molecular weight is 368 g/mol. The zero-order valence-corrected chi connectivity index (χ0v) is 15.2. The number of aromatic amines is 1. The van der Waals surface area contributed by atoms with Crippen molar-refractivity contribution in [1.82, 2.24) is 30.8 Å². The summed E-state index contributed by atoms with van der Waals surface area (Å²) >= 11 is 0. The Balaban J connectivity index is 1.44. The normalized spacial score (nSPS) is 21.3. The maximum atomic E-state index is 12.8. The van der Waals surface area contributed by atoms with E-state index in [4.69, 9.17) is 0 Å².